The molecule has 0 heterocycles. The predicted octanol–water partition coefficient (Wildman–Crippen LogP) is 3.03. The lowest BCUT2D eigenvalue weighted by Crippen LogP contribution is -1.99. The van der Waals surface area contributed by atoms with E-state index in [-0.39, 0.29) is 5.82 Å². The Kier molecular flexibility index (Phi) is 2.39. The van der Waals surface area contributed by atoms with Crippen molar-refractivity contribution >= 4 is 15.9 Å². The second-order valence-electron chi connectivity index (χ2n) is 3.49. The molecule has 1 unspecified atom stereocenters. The summed E-state index contributed by atoms with van der Waals surface area (Å²) in [6, 6.07) is 4.56. The summed E-state index contributed by atoms with van der Waals surface area (Å²) < 4.78 is 13.6. The van der Waals surface area contributed by atoms with Crippen molar-refractivity contribution < 1.29 is 9.50 Å². The summed E-state index contributed by atoms with van der Waals surface area (Å²) in [5.41, 5.74) is 0.675. The third kappa shape index (κ3) is 2.09. The van der Waals surface area contributed by atoms with Gasteiger partial charge in [0.2, 0.25) is 0 Å². The van der Waals surface area contributed by atoms with Gasteiger partial charge in [0, 0.05) is 4.47 Å². The average Bonchev–Trinajstić information content (AvgIpc) is 2.83. The Hall–Kier alpha value is -0.410. The zero-order chi connectivity index (χ0) is 9.42. The first kappa shape index (κ1) is 9.16. The lowest BCUT2D eigenvalue weighted by molar-refractivity contribution is 0.153. The maximum absolute atomic E-state index is 12.9. The topological polar surface area (TPSA) is 20.2 Å². The SMILES string of the molecule is OC(c1cc(F)cc(Br)c1)C1CC1. The van der Waals surface area contributed by atoms with Crippen LogP contribution in [0.5, 0.6) is 0 Å². The highest BCUT2D eigenvalue weighted by molar-refractivity contribution is 9.10. The first-order valence-electron chi connectivity index (χ1n) is 4.31. The first-order chi connectivity index (χ1) is 6.16. The molecule has 1 nitrogen and oxygen atoms in total. The molecule has 70 valence electrons. The molecule has 0 aromatic heterocycles. The fraction of sp³-hybridized carbons (Fsp3) is 0.400. The summed E-state index contributed by atoms with van der Waals surface area (Å²) in [7, 11) is 0. The van der Waals surface area contributed by atoms with Crippen LogP contribution >= 0.6 is 15.9 Å². The zero-order valence-corrected chi connectivity index (χ0v) is 8.59. The molecule has 1 aliphatic rings. The van der Waals surface area contributed by atoms with E-state index in [4.69, 9.17) is 0 Å². The van der Waals surface area contributed by atoms with Crippen LogP contribution in [0.4, 0.5) is 4.39 Å². The molecule has 0 saturated heterocycles. The summed E-state index contributed by atoms with van der Waals surface area (Å²) in [5, 5.41) is 9.72. The van der Waals surface area contributed by atoms with Gasteiger partial charge in [0.05, 0.1) is 6.10 Å². The van der Waals surface area contributed by atoms with E-state index < -0.39 is 6.10 Å². The summed E-state index contributed by atoms with van der Waals surface area (Å²) in [6.07, 6.45) is 1.61. The van der Waals surface area contributed by atoms with Crippen LogP contribution in [-0.2, 0) is 0 Å². The van der Waals surface area contributed by atoms with Crippen LogP contribution in [0.25, 0.3) is 0 Å². The minimum atomic E-state index is -0.494. The molecule has 13 heavy (non-hydrogen) atoms. The van der Waals surface area contributed by atoms with Crippen molar-refractivity contribution in [2.24, 2.45) is 5.92 Å². The Labute approximate surface area is 84.7 Å². The van der Waals surface area contributed by atoms with Crippen LogP contribution in [0.1, 0.15) is 24.5 Å². The van der Waals surface area contributed by atoms with Gasteiger partial charge in [-0.2, -0.15) is 0 Å². The molecule has 1 saturated carbocycles. The lowest BCUT2D eigenvalue weighted by Gasteiger charge is -2.09. The van der Waals surface area contributed by atoms with Gasteiger partial charge in [-0.3, -0.25) is 0 Å². The first-order valence-corrected chi connectivity index (χ1v) is 5.10. The second-order valence-corrected chi connectivity index (χ2v) is 4.40. The zero-order valence-electron chi connectivity index (χ0n) is 7.00. The quantitative estimate of drug-likeness (QED) is 0.849. The number of hydrogen-bond acceptors (Lipinski definition) is 1. The van der Waals surface area contributed by atoms with Gasteiger partial charge < -0.3 is 5.11 Å². The van der Waals surface area contributed by atoms with Gasteiger partial charge >= 0.3 is 0 Å². The lowest BCUT2D eigenvalue weighted by atomic mass is 10.1. The maximum Gasteiger partial charge on any atom is 0.124 e. The van der Waals surface area contributed by atoms with Gasteiger partial charge in [-0.05, 0) is 42.5 Å². The van der Waals surface area contributed by atoms with Crippen LogP contribution < -0.4 is 0 Å². The van der Waals surface area contributed by atoms with Crippen LogP contribution in [0.3, 0.4) is 0 Å². The van der Waals surface area contributed by atoms with Crippen molar-refractivity contribution in [3.8, 4) is 0 Å². The number of hydrogen-bond donors (Lipinski definition) is 1. The van der Waals surface area contributed by atoms with E-state index >= 15 is 0 Å². The Morgan fingerprint density at radius 1 is 1.38 bits per heavy atom. The molecule has 1 atom stereocenters. The smallest absolute Gasteiger partial charge is 0.124 e. The van der Waals surface area contributed by atoms with Gasteiger partial charge in [0.1, 0.15) is 5.82 Å². The molecule has 3 heteroatoms. The number of aliphatic hydroxyl groups is 1. The van der Waals surface area contributed by atoms with Crippen molar-refractivity contribution in [1.29, 1.82) is 0 Å². The Bertz CT molecular complexity index is 302. The molecule has 1 N–H and O–H groups in total. The molecule has 0 spiro atoms. The standard InChI is InChI=1S/C10H10BrFO/c11-8-3-7(4-9(12)5-8)10(13)6-1-2-6/h3-6,10,13H,1-2H2. The monoisotopic (exact) mass is 244 g/mol. The fourth-order valence-corrected chi connectivity index (χ4v) is 1.91. The number of aliphatic hydroxyl groups excluding tert-OH is 1. The van der Waals surface area contributed by atoms with E-state index in [1.807, 2.05) is 0 Å². The van der Waals surface area contributed by atoms with E-state index in [0.29, 0.717) is 16.0 Å². The Morgan fingerprint density at radius 3 is 2.62 bits per heavy atom. The second kappa shape index (κ2) is 3.39. The number of rotatable bonds is 2. The Morgan fingerprint density at radius 2 is 2.08 bits per heavy atom. The molecule has 0 aliphatic heterocycles. The van der Waals surface area contributed by atoms with Crippen LogP contribution in [0, 0.1) is 11.7 Å². The van der Waals surface area contributed by atoms with Crippen LogP contribution in [-0.4, -0.2) is 5.11 Å². The normalized spacial score (nSPS) is 18.7. The van der Waals surface area contributed by atoms with Gasteiger partial charge in [-0.15, -0.1) is 0 Å². The highest BCUT2D eigenvalue weighted by Crippen LogP contribution is 2.41. The van der Waals surface area contributed by atoms with Gasteiger partial charge in [0.25, 0.3) is 0 Å². The number of benzene rings is 1. The molecule has 1 aromatic rings. The van der Waals surface area contributed by atoms with Crippen molar-refractivity contribution in [2.75, 3.05) is 0 Å². The predicted molar refractivity (Wildman–Crippen MR) is 51.8 cm³/mol. The molecule has 1 fully saturated rings. The van der Waals surface area contributed by atoms with Crippen molar-refractivity contribution in [3.63, 3.8) is 0 Å². The summed E-state index contributed by atoms with van der Waals surface area (Å²) >= 11 is 3.20. The van der Waals surface area contributed by atoms with E-state index in [9.17, 15) is 9.50 Å². The highest BCUT2D eigenvalue weighted by Gasteiger charge is 2.30. The minimum Gasteiger partial charge on any atom is -0.388 e. The molecule has 2 rings (SSSR count). The summed E-state index contributed by atoms with van der Waals surface area (Å²) in [5.74, 6) is 0.0396. The van der Waals surface area contributed by atoms with Crippen LogP contribution in [0.15, 0.2) is 22.7 Å². The minimum absolute atomic E-state index is 0.302. The van der Waals surface area contributed by atoms with Crippen molar-refractivity contribution in [2.45, 2.75) is 18.9 Å². The summed E-state index contributed by atoms with van der Waals surface area (Å²) in [6.45, 7) is 0. The average molecular weight is 245 g/mol. The van der Waals surface area contributed by atoms with E-state index in [2.05, 4.69) is 15.9 Å². The molecule has 0 amide bonds. The largest absolute Gasteiger partial charge is 0.388 e. The van der Waals surface area contributed by atoms with E-state index in [0.717, 1.165) is 12.8 Å². The molecular formula is C10H10BrFO. The number of halogens is 2. The highest BCUT2D eigenvalue weighted by atomic mass is 79.9. The maximum atomic E-state index is 12.9. The van der Waals surface area contributed by atoms with Gasteiger partial charge in [0.15, 0.2) is 0 Å². The molecule has 1 aliphatic carbocycles. The summed E-state index contributed by atoms with van der Waals surface area (Å²) in [4.78, 5) is 0. The Balaban J connectivity index is 2.27. The van der Waals surface area contributed by atoms with E-state index in [1.165, 1.54) is 12.1 Å². The van der Waals surface area contributed by atoms with Gasteiger partial charge in [-0.1, -0.05) is 15.9 Å². The third-order valence-corrected chi connectivity index (χ3v) is 2.75. The van der Waals surface area contributed by atoms with E-state index in [1.54, 1.807) is 6.07 Å². The van der Waals surface area contributed by atoms with Crippen molar-refractivity contribution in [1.82, 2.24) is 0 Å². The third-order valence-electron chi connectivity index (χ3n) is 2.29. The van der Waals surface area contributed by atoms with Crippen molar-refractivity contribution in [3.05, 3.63) is 34.1 Å². The molecular weight excluding hydrogens is 235 g/mol. The molecule has 1 aromatic carbocycles. The molecule has 0 bridgehead atoms. The molecule has 0 radical (unpaired) electrons. The van der Waals surface area contributed by atoms with Gasteiger partial charge in [-0.25, -0.2) is 4.39 Å². The van der Waals surface area contributed by atoms with Crippen LogP contribution in [0.2, 0.25) is 0 Å². The fourth-order valence-electron chi connectivity index (χ4n) is 1.43.